The molecule has 0 radical (unpaired) electrons. The SMILES string of the molecule is Cc1ccc(S(=O)(=O)n2c(C(C(C)C)N3CCCCC3)cc3ccccc32)cc1. The van der Waals surface area contributed by atoms with Gasteiger partial charge < -0.3 is 0 Å². The first-order valence-corrected chi connectivity index (χ1v) is 12.0. The highest BCUT2D eigenvalue weighted by atomic mass is 32.2. The molecule has 2 aromatic carbocycles. The fourth-order valence-electron chi connectivity index (χ4n) is 4.59. The molecular formula is C24H30N2O2S. The Kier molecular flexibility index (Phi) is 5.54. The third kappa shape index (κ3) is 3.74. The molecular weight excluding hydrogens is 380 g/mol. The Morgan fingerprint density at radius 2 is 1.55 bits per heavy atom. The molecule has 3 aromatic rings. The van der Waals surface area contributed by atoms with Crippen LogP contribution in [0, 0.1) is 12.8 Å². The van der Waals surface area contributed by atoms with Crippen LogP contribution in [0.3, 0.4) is 0 Å². The average molecular weight is 411 g/mol. The van der Waals surface area contributed by atoms with E-state index in [2.05, 4.69) is 24.8 Å². The summed E-state index contributed by atoms with van der Waals surface area (Å²) in [5.41, 5.74) is 2.68. The molecule has 1 aliphatic rings. The van der Waals surface area contributed by atoms with E-state index in [-0.39, 0.29) is 6.04 Å². The standard InChI is InChI=1S/C24H30N2O2S/c1-18(2)24(25-15-7-4-8-16-25)23-17-20-9-5-6-10-22(20)26(23)29(27,28)21-13-11-19(3)12-14-21/h5-6,9-14,17-18,24H,4,7-8,15-16H2,1-3H3. The molecule has 1 aromatic heterocycles. The van der Waals surface area contributed by atoms with E-state index in [0.717, 1.165) is 35.2 Å². The number of rotatable bonds is 5. The number of nitrogens with zero attached hydrogens (tertiary/aromatic N) is 2. The zero-order valence-electron chi connectivity index (χ0n) is 17.5. The van der Waals surface area contributed by atoms with Crippen molar-refractivity contribution in [3.8, 4) is 0 Å². The van der Waals surface area contributed by atoms with E-state index in [9.17, 15) is 8.42 Å². The van der Waals surface area contributed by atoms with Crippen molar-refractivity contribution in [2.45, 2.75) is 51.0 Å². The summed E-state index contributed by atoms with van der Waals surface area (Å²) in [5, 5.41) is 0.973. The van der Waals surface area contributed by atoms with Crippen LogP contribution in [0.1, 0.15) is 50.4 Å². The van der Waals surface area contributed by atoms with Gasteiger partial charge in [0.1, 0.15) is 0 Å². The van der Waals surface area contributed by atoms with Crippen LogP contribution >= 0.6 is 0 Å². The Morgan fingerprint density at radius 1 is 0.897 bits per heavy atom. The van der Waals surface area contributed by atoms with Crippen LogP contribution in [-0.2, 0) is 10.0 Å². The van der Waals surface area contributed by atoms with Gasteiger partial charge in [0.15, 0.2) is 0 Å². The lowest BCUT2D eigenvalue weighted by molar-refractivity contribution is 0.125. The lowest BCUT2D eigenvalue weighted by Crippen LogP contribution is -2.38. The quantitative estimate of drug-likeness (QED) is 0.568. The third-order valence-corrected chi connectivity index (χ3v) is 7.73. The number of aromatic nitrogens is 1. The number of para-hydroxylation sites is 1. The van der Waals surface area contributed by atoms with Gasteiger partial charge in [0.05, 0.1) is 22.1 Å². The number of likely N-dealkylation sites (tertiary alicyclic amines) is 1. The van der Waals surface area contributed by atoms with E-state index in [1.165, 1.54) is 19.3 Å². The van der Waals surface area contributed by atoms with Crippen LogP contribution in [0.25, 0.3) is 10.9 Å². The highest BCUT2D eigenvalue weighted by Crippen LogP contribution is 2.36. The van der Waals surface area contributed by atoms with Crippen molar-refractivity contribution in [2.24, 2.45) is 5.92 Å². The van der Waals surface area contributed by atoms with Crippen molar-refractivity contribution < 1.29 is 8.42 Å². The summed E-state index contributed by atoms with van der Waals surface area (Å²) < 4.78 is 29.2. The van der Waals surface area contributed by atoms with Crippen molar-refractivity contribution >= 4 is 20.9 Å². The summed E-state index contributed by atoms with van der Waals surface area (Å²) in [7, 11) is -3.70. The summed E-state index contributed by atoms with van der Waals surface area (Å²) >= 11 is 0. The lowest BCUT2D eigenvalue weighted by atomic mass is 9.96. The van der Waals surface area contributed by atoms with Crippen molar-refractivity contribution in [3.05, 3.63) is 65.9 Å². The van der Waals surface area contributed by atoms with Crippen molar-refractivity contribution in [2.75, 3.05) is 13.1 Å². The Balaban J connectivity index is 1.94. The first kappa shape index (κ1) is 20.2. The second-order valence-electron chi connectivity index (χ2n) is 8.50. The van der Waals surface area contributed by atoms with Crippen LogP contribution in [0.15, 0.2) is 59.5 Å². The average Bonchev–Trinajstić information content (AvgIpc) is 3.08. The maximum Gasteiger partial charge on any atom is 0.268 e. The van der Waals surface area contributed by atoms with Gasteiger partial charge in [-0.2, -0.15) is 0 Å². The van der Waals surface area contributed by atoms with E-state index >= 15 is 0 Å². The molecule has 1 saturated heterocycles. The second-order valence-corrected chi connectivity index (χ2v) is 10.3. The third-order valence-electron chi connectivity index (χ3n) is 5.97. The fraction of sp³-hybridized carbons (Fsp3) is 0.417. The Hall–Kier alpha value is -2.11. The molecule has 1 unspecified atom stereocenters. The number of hydrogen-bond acceptors (Lipinski definition) is 3. The summed E-state index contributed by atoms with van der Waals surface area (Å²) in [6.07, 6.45) is 3.61. The molecule has 4 rings (SSSR count). The normalized spacial score (nSPS) is 17.1. The zero-order valence-corrected chi connectivity index (χ0v) is 18.3. The van der Waals surface area contributed by atoms with Gasteiger partial charge in [0.25, 0.3) is 10.0 Å². The fourth-order valence-corrected chi connectivity index (χ4v) is 6.14. The van der Waals surface area contributed by atoms with E-state index in [1.54, 1.807) is 16.1 Å². The molecule has 154 valence electrons. The smallest absolute Gasteiger partial charge is 0.268 e. The van der Waals surface area contributed by atoms with E-state index in [4.69, 9.17) is 0 Å². The molecule has 5 heteroatoms. The van der Waals surface area contributed by atoms with Crippen molar-refractivity contribution in [1.82, 2.24) is 8.87 Å². The van der Waals surface area contributed by atoms with E-state index in [1.807, 2.05) is 43.3 Å². The molecule has 1 aliphatic heterocycles. The molecule has 1 fully saturated rings. The molecule has 0 amide bonds. The second kappa shape index (κ2) is 7.96. The predicted octanol–water partition coefficient (Wildman–Crippen LogP) is 5.37. The summed E-state index contributed by atoms with van der Waals surface area (Å²) in [6, 6.07) is 17.1. The highest BCUT2D eigenvalue weighted by Gasteiger charge is 2.32. The Bertz CT molecular complexity index is 1090. The van der Waals surface area contributed by atoms with E-state index < -0.39 is 10.0 Å². The summed E-state index contributed by atoms with van der Waals surface area (Å²) in [4.78, 5) is 2.82. The highest BCUT2D eigenvalue weighted by molar-refractivity contribution is 7.90. The molecule has 2 heterocycles. The Morgan fingerprint density at radius 3 is 2.21 bits per heavy atom. The molecule has 29 heavy (non-hydrogen) atoms. The van der Waals surface area contributed by atoms with Crippen molar-refractivity contribution in [1.29, 1.82) is 0 Å². The molecule has 1 atom stereocenters. The van der Waals surface area contributed by atoms with Crippen molar-refractivity contribution in [3.63, 3.8) is 0 Å². The molecule has 0 aliphatic carbocycles. The van der Waals surface area contributed by atoms with E-state index in [0.29, 0.717) is 10.8 Å². The number of fused-ring (bicyclic) bond motifs is 1. The number of benzene rings is 2. The topological polar surface area (TPSA) is 42.3 Å². The molecule has 4 nitrogen and oxygen atoms in total. The Labute approximate surface area is 174 Å². The van der Waals surface area contributed by atoms with Gasteiger partial charge in [-0.1, -0.05) is 56.2 Å². The van der Waals surface area contributed by atoms with Gasteiger partial charge >= 0.3 is 0 Å². The molecule has 0 bridgehead atoms. The van der Waals surface area contributed by atoms with Crippen LogP contribution in [0.2, 0.25) is 0 Å². The van der Waals surface area contributed by atoms with Gasteiger partial charge in [-0.15, -0.1) is 0 Å². The minimum Gasteiger partial charge on any atom is -0.295 e. The molecule has 0 N–H and O–H groups in total. The van der Waals surface area contributed by atoms with Crippen LogP contribution in [0.4, 0.5) is 0 Å². The summed E-state index contributed by atoms with van der Waals surface area (Å²) in [5.74, 6) is 0.310. The van der Waals surface area contributed by atoms with Gasteiger partial charge in [-0.3, -0.25) is 4.90 Å². The minimum atomic E-state index is -3.70. The van der Waals surface area contributed by atoms with Gasteiger partial charge in [0.2, 0.25) is 0 Å². The first-order valence-electron chi connectivity index (χ1n) is 10.6. The van der Waals surface area contributed by atoms with Gasteiger partial charge in [-0.25, -0.2) is 12.4 Å². The number of piperidine rings is 1. The number of aryl methyl sites for hydroxylation is 1. The monoisotopic (exact) mass is 410 g/mol. The molecule has 0 spiro atoms. The summed E-state index contributed by atoms with van der Waals surface area (Å²) in [6.45, 7) is 8.40. The number of hydrogen-bond donors (Lipinski definition) is 0. The largest absolute Gasteiger partial charge is 0.295 e. The van der Waals surface area contributed by atoms with Crippen LogP contribution in [-0.4, -0.2) is 30.4 Å². The lowest BCUT2D eigenvalue weighted by Gasteiger charge is -2.37. The maximum absolute atomic E-state index is 13.8. The zero-order chi connectivity index (χ0) is 20.6. The van der Waals surface area contributed by atoms with Gasteiger partial charge in [0, 0.05) is 5.39 Å². The maximum atomic E-state index is 13.8. The first-order chi connectivity index (χ1) is 13.9. The predicted molar refractivity (Wildman–Crippen MR) is 119 cm³/mol. The molecule has 0 saturated carbocycles. The minimum absolute atomic E-state index is 0.0722. The van der Waals surface area contributed by atoms with Crippen LogP contribution in [0.5, 0.6) is 0 Å². The van der Waals surface area contributed by atoms with Gasteiger partial charge in [-0.05, 0) is 63.0 Å². The van der Waals surface area contributed by atoms with Crippen LogP contribution < -0.4 is 0 Å².